The van der Waals surface area contributed by atoms with Gasteiger partial charge in [-0.1, -0.05) is 13.8 Å². The van der Waals surface area contributed by atoms with Crippen LogP contribution < -0.4 is 9.46 Å². The van der Waals surface area contributed by atoms with Gasteiger partial charge in [0, 0.05) is 7.05 Å². The predicted molar refractivity (Wildman–Crippen MR) is 91.8 cm³/mol. The molecule has 0 aromatic heterocycles. The van der Waals surface area contributed by atoms with E-state index in [0.717, 1.165) is 4.90 Å². The van der Waals surface area contributed by atoms with Crippen molar-refractivity contribution in [3.8, 4) is 5.75 Å². The van der Waals surface area contributed by atoms with Crippen molar-refractivity contribution in [3.05, 3.63) is 24.3 Å². The largest absolute Gasteiger partial charge is 0.497 e. The first-order valence-electron chi connectivity index (χ1n) is 7.67. The summed E-state index contributed by atoms with van der Waals surface area (Å²) in [5.41, 5.74) is 0. The molecule has 0 fully saturated rings. The van der Waals surface area contributed by atoms with E-state index in [1.165, 1.54) is 45.3 Å². The van der Waals surface area contributed by atoms with Crippen LogP contribution in [0.25, 0.3) is 0 Å². The molecule has 0 saturated heterocycles. The van der Waals surface area contributed by atoms with Gasteiger partial charge in [-0.25, -0.2) is 13.2 Å². The zero-order valence-corrected chi connectivity index (χ0v) is 15.7. The second-order valence-corrected chi connectivity index (χ2v) is 7.70. The Morgan fingerprint density at radius 2 is 1.68 bits per heavy atom. The van der Waals surface area contributed by atoms with Gasteiger partial charge in [0.25, 0.3) is 0 Å². The lowest BCUT2D eigenvalue weighted by Gasteiger charge is -2.29. The first-order chi connectivity index (χ1) is 11.5. The lowest BCUT2D eigenvalue weighted by atomic mass is 10.0. The van der Waals surface area contributed by atoms with Crippen molar-refractivity contribution in [1.82, 2.24) is 9.62 Å². The van der Waals surface area contributed by atoms with E-state index in [0.29, 0.717) is 5.75 Å². The summed E-state index contributed by atoms with van der Waals surface area (Å²) in [6.45, 7) is 4.71. The maximum absolute atomic E-state index is 12.6. The lowest BCUT2D eigenvalue weighted by Crippen LogP contribution is -2.53. The Morgan fingerprint density at radius 1 is 1.16 bits per heavy atom. The van der Waals surface area contributed by atoms with E-state index in [1.807, 2.05) is 0 Å². The minimum Gasteiger partial charge on any atom is -0.497 e. The topological polar surface area (TPSA) is 113 Å². The fourth-order valence-corrected chi connectivity index (χ4v) is 3.38. The average Bonchev–Trinajstić information content (AvgIpc) is 2.57. The van der Waals surface area contributed by atoms with E-state index in [1.54, 1.807) is 13.8 Å². The molecule has 2 atom stereocenters. The number of hydrogen-bond donors (Lipinski definition) is 2. The Morgan fingerprint density at radius 3 is 2.08 bits per heavy atom. The highest BCUT2D eigenvalue weighted by Gasteiger charge is 2.33. The number of sulfonamides is 1. The van der Waals surface area contributed by atoms with Crippen LogP contribution in [0.15, 0.2) is 29.2 Å². The number of nitrogens with one attached hydrogen (secondary N) is 1. The number of carbonyl (C=O) groups is 2. The SMILES string of the molecule is COc1ccc(S(=O)(=O)N[C@H](C(=O)N(C)C(C)C(=O)O)C(C)C)cc1. The minimum absolute atomic E-state index is 0.0133. The average molecular weight is 372 g/mol. The third-order valence-electron chi connectivity index (χ3n) is 3.87. The van der Waals surface area contributed by atoms with E-state index in [9.17, 15) is 18.0 Å². The summed E-state index contributed by atoms with van der Waals surface area (Å²) in [7, 11) is -1.16. The van der Waals surface area contributed by atoms with Crippen LogP contribution in [0.4, 0.5) is 0 Å². The molecule has 0 saturated carbocycles. The van der Waals surface area contributed by atoms with Gasteiger partial charge in [-0.3, -0.25) is 4.79 Å². The van der Waals surface area contributed by atoms with E-state index in [-0.39, 0.29) is 10.8 Å². The third-order valence-corrected chi connectivity index (χ3v) is 5.33. The molecule has 1 unspecified atom stereocenters. The van der Waals surface area contributed by atoms with Crippen molar-refractivity contribution in [1.29, 1.82) is 0 Å². The third kappa shape index (κ3) is 5.17. The molecule has 0 aliphatic heterocycles. The molecule has 8 nitrogen and oxygen atoms in total. The first-order valence-corrected chi connectivity index (χ1v) is 9.15. The van der Waals surface area contributed by atoms with Gasteiger partial charge in [0.15, 0.2) is 0 Å². The molecule has 1 aromatic rings. The van der Waals surface area contributed by atoms with Crippen LogP contribution in [0.5, 0.6) is 5.75 Å². The molecule has 0 heterocycles. The fraction of sp³-hybridized carbons (Fsp3) is 0.500. The molecular weight excluding hydrogens is 348 g/mol. The molecule has 2 N–H and O–H groups in total. The Balaban J connectivity index is 3.07. The van der Waals surface area contributed by atoms with Crippen LogP contribution in [-0.4, -0.2) is 56.5 Å². The molecule has 0 aliphatic rings. The number of carboxylic acid groups (broad SMARTS) is 1. The van der Waals surface area contributed by atoms with Crippen LogP contribution in [0.2, 0.25) is 0 Å². The van der Waals surface area contributed by atoms with Gasteiger partial charge < -0.3 is 14.7 Å². The van der Waals surface area contributed by atoms with Crippen LogP contribution in [0.1, 0.15) is 20.8 Å². The number of likely N-dealkylation sites (N-methyl/N-ethyl adjacent to an activating group) is 1. The molecule has 1 rings (SSSR count). The van der Waals surface area contributed by atoms with E-state index < -0.39 is 34.0 Å². The number of nitrogens with zero attached hydrogens (tertiary/aromatic N) is 1. The van der Waals surface area contributed by atoms with Crippen molar-refractivity contribution in [2.45, 2.75) is 37.8 Å². The predicted octanol–water partition coefficient (Wildman–Crippen LogP) is 0.930. The summed E-state index contributed by atoms with van der Waals surface area (Å²) < 4.78 is 32.4. The van der Waals surface area contributed by atoms with Crippen LogP contribution in [0, 0.1) is 5.92 Å². The monoisotopic (exact) mass is 372 g/mol. The zero-order valence-electron chi connectivity index (χ0n) is 14.9. The van der Waals surface area contributed by atoms with Crippen LogP contribution in [0.3, 0.4) is 0 Å². The summed E-state index contributed by atoms with van der Waals surface area (Å²) >= 11 is 0. The van der Waals surface area contributed by atoms with Gasteiger partial charge in [-0.2, -0.15) is 4.72 Å². The van der Waals surface area contributed by atoms with Crippen molar-refractivity contribution in [3.63, 3.8) is 0 Å². The van der Waals surface area contributed by atoms with Gasteiger partial charge in [-0.05, 0) is 37.1 Å². The number of hydrogen-bond acceptors (Lipinski definition) is 5. The molecular formula is C16H24N2O6S. The van der Waals surface area contributed by atoms with E-state index >= 15 is 0 Å². The number of carbonyl (C=O) groups excluding carboxylic acids is 1. The fourth-order valence-electron chi connectivity index (χ4n) is 2.04. The Kier molecular flexibility index (Phi) is 6.95. The van der Waals surface area contributed by atoms with Crippen molar-refractivity contribution < 1.29 is 27.9 Å². The number of methoxy groups -OCH3 is 1. The number of rotatable bonds is 8. The van der Waals surface area contributed by atoms with Gasteiger partial charge in [0.2, 0.25) is 15.9 Å². The van der Waals surface area contributed by atoms with Crippen molar-refractivity contribution in [2.75, 3.05) is 14.2 Å². The second-order valence-electron chi connectivity index (χ2n) is 5.98. The summed E-state index contributed by atoms with van der Waals surface area (Å²) in [4.78, 5) is 24.6. The van der Waals surface area contributed by atoms with E-state index in [4.69, 9.17) is 9.84 Å². The molecule has 140 valence electrons. The van der Waals surface area contributed by atoms with Crippen molar-refractivity contribution >= 4 is 21.9 Å². The molecule has 25 heavy (non-hydrogen) atoms. The Hall–Kier alpha value is -2.13. The summed E-state index contributed by atoms with van der Waals surface area (Å²) in [5, 5.41) is 9.04. The Labute approximate surface area is 147 Å². The highest BCUT2D eigenvalue weighted by molar-refractivity contribution is 7.89. The van der Waals surface area contributed by atoms with Crippen LogP contribution in [-0.2, 0) is 19.6 Å². The number of aliphatic carboxylic acids is 1. The maximum Gasteiger partial charge on any atom is 0.326 e. The molecule has 0 aliphatic carbocycles. The van der Waals surface area contributed by atoms with Crippen molar-refractivity contribution in [2.24, 2.45) is 5.92 Å². The number of ether oxygens (including phenoxy) is 1. The second kappa shape index (κ2) is 8.30. The number of carboxylic acids is 1. The molecule has 1 aromatic carbocycles. The normalized spacial score (nSPS) is 14.0. The minimum atomic E-state index is -3.95. The lowest BCUT2D eigenvalue weighted by molar-refractivity contribution is -0.149. The smallest absolute Gasteiger partial charge is 0.326 e. The first kappa shape index (κ1) is 20.9. The highest BCUT2D eigenvalue weighted by Crippen LogP contribution is 2.17. The Bertz CT molecular complexity index is 715. The van der Waals surface area contributed by atoms with Crippen LogP contribution >= 0.6 is 0 Å². The zero-order chi connectivity index (χ0) is 19.4. The summed E-state index contributed by atoms with van der Waals surface area (Å²) in [6, 6.07) is 3.58. The summed E-state index contributed by atoms with van der Waals surface area (Å²) in [6.07, 6.45) is 0. The standard InChI is InChI=1S/C16H24N2O6S/c1-10(2)14(15(19)18(4)11(3)16(20)21)17-25(22,23)13-8-6-12(24-5)7-9-13/h6-11,14,17H,1-5H3,(H,20,21)/t11?,14-/m0/s1. The van der Waals surface area contributed by atoms with Gasteiger partial charge in [0.05, 0.1) is 12.0 Å². The van der Waals surface area contributed by atoms with Gasteiger partial charge in [-0.15, -0.1) is 0 Å². The summed E-state index contributed by atoms with van der Waals surface area (Å²) in [5.74, 6) is -1.65. The maximum atomic E-state index is 12.6. The molecule has 0 spiro atoms. The number of benzene rings is 1. The molecule has 1 amide bonds. The van der Waals surface area contributed by atoms with Gasteiger partial charge >= 0.3 is 5.97 Å². The van der Waals surface area contributed by atoms with E-state index in [2.05, 4.69) is 4.72 Å². The van der Waals surface area contributed by atoms with Gasteiger partial charge in [0.1, 0.15) is 17.8 Å². The number of amides is 1. The highest BCUT2D eigenvalue weighted by atomic mass is 32.2. The molecule has 9 heteroatoms. The molecule has 0 bridgehead atoms. The molecule has 0 radical (unpaired) electrons. The quantitative estimate of drug-likeness (QED) is 0.702.